The number of pyridine rings is 1. The SMILES string of the molecule is NC(=O)C1(CCCCCCn2cnc3c(N)nc4ccccc4c32)C=CC=CC1. The lowest BCUT2D eigenvalue weighted by molar-refractivity contribution is -0.125. The molecule has 0 radical (unpaired) electrons. The predicted octanol–water partition coefficient (Wildman–Crippen LogP) is 4.11. The highest BCUT2D eigenvalue weighted by atomic mass is 16.1. The Kier molecular flexibility index (Phi) is 5.34. The fraction of sp³-hybridized carbons (Fsp3) is 0.348. The number of allylic oxidation sites excluding steroid dienone is 3. The first-order valence-corrected chi connectivity index (χ1v) is 10.2. The van der Waals surface area contributed by atoms with Crippen LogP contribution in [-0.2, 0) is 11.3 Å². The Hall–Kier alpha value is -3.15. The summed E-state index contributed by atoms with van der Waals surface area (Å²) in [7, 11) is 0. The number of hydrogen-bond acceptors (Lipinski definition) is 4. The highest BCUT2D eigenvalue weighted by Gasteiger charge is 2.32. The van der Waals surface area contributed by atoms with Crippen LogP contribution in [0.2, 0.25) is 0 Å². The third-order valence-corrected chi connectivity index (χ3v) is 5.89. The van der Waals surface area contributed by atoms with Crippen LogP contribution >= 0.6 is 0 Å². The number of unbranched alkanes of at least 4 members (excludes halogenated alkanes) is 3. The van der Waals surface area contributed by atoms with Crippen molar-refractivity contribution in [2.45, 2.75) is 45.1 Å². The molecule has 0 fully saturated rings. The number of anilines is 1. The number of imidazole rings is 1. The quantitative estimate of drug-likeness (QED) is 0.566. The largest absolute Gasteiger partial charge is 0.382 e. The monoisotopic (exact) mass is 389 g/mol. The van der Waals surface area contributed by atoms with Gasteiger partial charge >= 0.3 is 0 Å². The Labute approximate surface area is 170 Å². The molecule has 4 N–H and O–H groups in total. The lowest BCUT2D eigenvalue weighted by Gasteiger charge is -2.27. The predicted molar refractivity (Wildman–Crippen MR) is 117 cm³/mol. The molecule has 0 aliphatic heterocycles. The molecule has 6 nitrogen and oxygen atoms in total. The topological polar surface area (TPSA) is 99.8 Å². The van der Waals surface area contributed by atoms with E-state index in [1.54, 1.807) is 0 Å². The minimum atomic E-state index is -0.501. The highest BCUT2D eigenvalue weighted by molar-refractivity contribution is 6.06. The maximum absolute atomic E-state index is 11.9. The number of benzene rings is 1. The van der Waals surface area contributed by atoms with Gasteiger partial charge in [-0.3, -0.25) is 4.79 Å². The van der Waals surface area contributed by atoms with Crippen LogP contribution in [0.5, 0.6) is 0 Å². The molecule has 1 unspecified atom stereocenters. The summed E-state index contributed by atoms with van der Waals surface area (Å²) in [4.78, 5) is 20.9. The van der Waals surface area contributed by atoms with Crippen LogP contribution in [0.15, 0.2) is 54.9 Å². The number of carbonyl (C=O) groups excluding carboxylic acids is 1. The van der Waals surface area contributed by atoms with Gasteiger partial charge in [-0.1, -0.05) is 61.8 Å². The number of nitrogens with two attached hydrogens (primary N) is 2. The van der Waals surface area contributed by atoms with Gasteiger partial charge in [0, 0.05) is 11.9 Å². The average Bonchev–Trinajstić information content (AvgIpc) is 3.16. The first kappa shape index (κ1) is 19.2. The molecule has 2 heterocycles. The van der Waals surface area contributed by atoms with Gasteiger partial charge < -0.3 is 16.0 Å². The Morgan fingerprint density at radius 1 is 1.14 bits per heavy atom. The van der Waals surface area contributed by atoms with Crippen molar-refractivity contribution in [3.63, 3.8) is 0 Å². The zero-order valence-electron chi connectivity index (χ0n) is 16.6. The van der Waals surface area contributed by atoms with E-state index in [0.717, 1.165) is 60.6 Å². The van der Waals surface area contributed by atoms with E-state index in [9.17, 15) is 4.79 Å². The third kappa shape index (κ3) is 3.75. The van der Waals surface area contributed by atoms with Crippen molar-refractivity contribution in [2.75, 3.05) is 5.73 Å². The van der Waals surface area contributed by atoms with E-state index >= 15 is 0 Å². The number of carbonyl (C=O) groups is 1. The van der Waals surface area contributed by atoms with Crippen LogP contribution < -0.4 is 11.5 Å². The smallest absolute Gasteiger partial charge is 0.227 e. The van der Waals surface area contributed by atoms with E-state index in [2.05, 4.69) is 20.6 Å². The first-order chi connectivity index (χ1) is 14.1. The summed E-state index contributed by atoms with van der Waals surface area (Å²) in [5.74, 6) is 0.254. The lowest BCUT2D eigenvalue weighted by atomic mass is 9.76. The van der Waals surface area contributed by atoms with Crippen LogP contribution in [0.25, 0.3) is 21.9 Å². The fourth-order valence-electron chi connectivity index (χ4n) is 4.21. The number of fused-ring (bicyclic) bond motifs is 3. The van der Waals surface area contributed by atoms with Gasteiger partial charge in [0.2, 0.25) is 5.91 Å². The number of aromatic nitrogens is 3. The second-order valence-corrected chi connectivity index (χ2v) is 7.83. The molecule has 1 aromatic carbocycles. The number of nitrogen functional groups attached to an aromatic ring is 1. The molecule has 1 amide bonds. The molecule has 6 heteroatoms. The molecule has 1 aliphatic rings. The van der Waals surface area contributed by atoms with E-state index in [4.69, 9.17) is 11.5 Å². The van der Waals surface area contributed by atoms with Crippen molar-refractivity contribution in [1.82, 2.24) is 14.5 Å². The fourth-order valence-corrected chi connectivity index (χ4v) is 4.21. The Balaban J connectivity index is 1.36. The molecule has 29 heavy (non-hydrogen) atoms. The second-order valence-electron chi connectivity index (χ2n) is 7.83. The standard InChI is InChI=1S/C23H27N5O/c24-21-19-20(17-10-4-5-11-18(17)27-21)28(16-26-19)15-9-2-1-6-12-23(22(25)29)13-7-3-8-14-23/h3-5,7-8,10-11,13,16H,1-2,6,9,12,14-15H2,(H2,24,27)(H2,25,29). The number of aryl methyl sites for hydroxylation is 1. The van der Waals surface area contributed by atoms with Crippen molar-refractivity contribution in [3.05, 3.63) is 54.9 Å². The maximum Gasteiger partial charge on any atom is 0.227 e. The Morgan fingerprint density at radius 2 is 1.97 bits per heavy atom. The number of para-hydroxylation sites is 1. The first-order valence-electron chi connectivity index (χ1n) is 10.2. The number of primary amides is 1. The molecule has 3 aromatic rings. The minimum absolute atomic E-state index is 0.221. The summed E-state index contributed by atoms with van der Waals surface area (Å²) in [5.41, 5.74) is 14.0. The van der Waals surface area contributed by atoms with E-state index in [0.29, 0.717) is 12.2 Å². The molecular weight excluding hydrogens is 362 g/mol. The molecule has 150 valence electrons. The van der Waals surface area contributed by atoms with Gasteiger partial charge in [0.05, 0.1) is 22.8 Å². The Bertz CT molecular complexity index is 1100. The lowest BCUT2D eigenvalue weighted by Crippen LogP contribution is -2.35. The molecule has 0 saturated carbocycles. The van der Waals surface area contributed by atoms with Gasteiger partial charge in [-0.2, -0.15) is 0 Å². The number of hydrogen-bond donors (Lipinski definition) is 2. The van der Waals surface area contributed by atoms with Crippen molar-refractivity contribution in [2.24, 2.45) is 11.1 Å². The third-order valence-electron chi connectivity index (χ3n) is 5.89. The summed E-state index contributed by atoms with van der Waals surface area (Å²) in [6, 6.07) is 8.03. The van der Waals surface area contributed by atoms with Gasteiger partial charge in [0.25, 0.3) is 0 Å². The average molecular weight is 390 g/mol. The number of nitrogens with zero attached hydrogens (tertiary/aromatic N) is 3. The van der Waals surface area contributed by atoms with Gasteiger partial charge in [-0.05, 0) is 25.3 Å². The molecule has 1 aliphatic carbocycles. The molecule has 1 atom stereocenters. The number of rotatable bonds is 8. The summed E-state index contributed by atoms with van der Waals surface area (Å²) in [5, 5.41) is 1.08. The molecule has 4 rings (SSSR count). The van der Waals surface area contributed by atoms with Crippen LogP contribution in [0.4, 0.5) is 5.82 Å². The van der Waals surface area contributed by atoms with E-state index in [-0.39, 0.29) is 5.91 Å². The van der Waals surface area contributed by atoms with E-state index < -0.39 is 5.41 Å². The molecule has 0 saturated heterocycles. The van der Waals surface area contributed by atoms with Crippen LogP contribution in [-0.4, -0.2) is 20.4 Å². The van der Waals surface area contributed by atoms with Crippen LogP contribution in [0.3, 0.4) is 0 Å². The zero-order chi connectivity index (χ0) is 20.3. The Morgan fingerprint density at radius 3 is 2.76 bits per heavy atom. The summed E-state index contributed by atoms with van der Waals surface area (Å²) >= 11 is 0. The van der Waals surface area contributed by atoms with E-state index in [1.165, 1.54) is 0 Å². The van der Waals surface area contributed by atoms with Crippen molar-refractivity contribution in [1.29, 1.82) is 0 Å². The number of amides is 1. The zero-order valence-corrected chi connectivity index (χ0v) is 16.6. The molecule has 2 aromatic heterocycles. The summed E-state index contributed by atoms with van der Waals surface area (Å²) in [6.07, 6.45) is 15.5. The van der Waals surface area contributed by atoms with Crippen LogP contribution in [0.1, 0.15) is 38.5 Å². The summed E-state index contributed by atoms with van der Waals surface area (Å²) < 4.78 is 2.18. The van der Waals surface area contributed by atoms with Gasteiger partial charge in [0.1, 0.15) is 5.52 Å². The molecule has 0 bridgehead atoms. The van der Waals surface area contributed by atoms with Crippen molar-refractivity contribution < 1.29 is 4.79 Å². The maximum atomic E-state index is 11.9. The van der Waals surface area contributed by atoms with Crippen molar-refractivity contribution >= 4 is 33.7 Å². The van der Waals surface area contributed by atoms with E-state index in [1.807, 2.05) is 48.8 Å². The summed E-state index contributed by atoms with van der Waals surface area (Å²) in [6.45, 7) is 0.882. The molecular formula is C23H27N5O. The molecule has 0 spiro atoms. The van der Waals surface area contributed by atoms with Gasteiger partial charge in [-0.25, -0.2) is 9.97 Å². The van der Waals surface area contributed by atoms with Crippen molar-refractivity contribution in [3.8, 4) is 0 Å². The highest BCUT2D eigenvalue weighted by Crippen LogP contribution is 2.33. The van der Waals surface area contributed by atoms with Gasteiger partial charge in [0.15, 0.2) is 5.82 Å². The van der Waals surface area contributed by atoms with Gasteiger partial charge in [-0.15, -0.1) is 0 Å². The minimum Gasteiger partial charge on any atom is -0.382 e. The normalized spacial score (nSPS) is 18.6. The van der Waals surface area contributed by atoms with Crippen LogP contribution in [0, 0.1) is 5.41 Å². The second kappa shape index (κ2) is 8.07.